The highest BCUT2D eigenvalue weighted by atomic mass is 35.5. The van der Waals surface area contributed by atoms with Crippen molar-refractivity contribution in [3.05, 3.63) is 59.1 Å². The number of anilines is 2. The number of aryl methyl sites for hydroxylation is 1. The predicted molar refractivity (Wildman–Crippen MR) is 93.9 cm³/mol. The van der Waals surface area contributed by atoms with Gasteiger partial charge in [-0.05, 0) is 42.3 Å². The average molecular weight is 331 g/mol. The number of hydrogen-bond donors (Lipinski definition) is 1. The maximum absolute atomic E-state index is 12.2. The second kappa shape index (κ2) is 7.79. The van der Waals surface area contributed by atoms with Crippen LogP contribution in [-0.4, -0.2) is 18.4 Å². The smallest absolute Gasteiger partial charge is 0.244 e. The number of hydrogen-bond acceptors (Lipinski definition) is 2. The van der Waals surface area contributed by atoms with E-state index in [0.717, 1.165) is 6.42 Å². The quantitative estimate of drug-likeness (QED) is 0.904. The number of benzene rings is 2. The molecule has 0 heterocycles. The third kappa shape index (κ3) is 4.83. The molecule has 0 aliphatic heterocycles. The van der Waals surface area contributed by atoms with Gasteiger partial charge in [0.05, 0.1) is 0 Å². The van der Waals surface area contributed by atoms with Gasteiger partial charge in [-0.3, -0.25) is 9.59 Å². The van der Waals surface area contributed by atoms with Crippen LogP contribution in [0.5, 0.6) is 0 Å². The van der Waals surface area contributed by atoms with Gasteiger partial charge in [0, 0.05) is 23.3 Å². The molecule has 0 aromatic heterocycles. The second-order valence-electron chi connectivity index (χ2n) is 5.18. The lowest BCUT2D eigenvalue weighted by Gasteiger charge is -2.21. The van der Waals surface area contributed by atoms with Gasteiger partial charge in [0.1, 0.15) is 6.54 Å². The summed E-state index contributed by atoms with van der Waals surface area (Å²) in [6.07, 6.45) is 0.926. The van der Waals surface area contributed by atoms with Crippen molar-refractivity contribution in [2.24, 2.45) is 0 Å². The molecule has 0 unspecified atom stereocenters. The maximum Gasteiger partial charge on any atom is 0.244 e. The van der Waals surface area contributed by atoms with E-state index in [2.05, 4.69) is 12.2 Å². The first-order valence-electron chi connectivity index (χ1n) is 7.42. The molecule has 2 aromatic carbocycles. The summed E-state index contributed by atoms with van der Waals surface area (Å²) in [6, 6.07) is 14.5. The van der Waals surface area contributed by atoms with E-state index in [9.17, 15) is 9.59 Å². The summed E-state index contributed by atoms with van der Waals surface area (Å²) in [5.74, 6) is -0.461. The monoisotopic (exact) mass is 330 g/mol. The first kappa shape index (κ1) is 17.0. The Morgan fingerprint density at radius 2 is 1.83 bits per heavy atom. The molecule has 2 rings (SSSR count). The SMILES string of the molecule is CCc1ccc(N(CC(=O)Nc2cccc(Cl)c2)C(C)=O)cc1. The van der Waals surface area contributed by atoms with E-state index >= 15 is 0 Å². The highest BCUT2D eigenvalue weighted by Crippen LogP contribution is 2.17. The summed E-state index contributed by atoms with van der Waals surface area (Å²) in [5.41, 5.74) is 2.49. The fourth-order valence-electron chi connectivity index (χ4n) is 2.21. The predicted octanol–water partition coefficient (Wildman–Crippen LogP) is 3.89. The first-order valence-corrected chi connectivity index (χ1v) is 7.80. The van der Waals surface area contributed by atoms with Crippen molar-refractivity contribution in [1.29, 1.82) is 0 Å². The van der Waals surface area contributed by atoms with E-state index in [1.807, 2.05) is 24.3 Å². The van der Waals surface area contributed by atoms with E-state index in [-0.39, 0.29) is 18.4 Å². The molecular weight excluding hydrogens is 312 g/mol. The highest BCUT2D eigenvalue weighted by molar-refractivity contribution is 6.30. The van der Waals surface area contributed by atoms with Gasteiger partial charge in [-0.1, -0.05) is 36.7 Å². The molecule has 2 aromatic rings. The first-order chi connectivity index (χ1) is 11.0. The third-order valence-electron chi connectivity index (χ3n) is 3.45. The zero-order valence-corrected chi connectivity index (χ0v) is 13.9. The highest BCUT2D eigenvalue weighted by Gasteiger charge is 2.16. The molecule has 120 valence electrons. The standard InChI is InChI=1S/C18H19ClN2O2/c1-3-14-7-9-17(10-8-14)21(13(2)22)12-18(23)20-16-6-4-5-15(19)11-16/h4-11H,3,12H2,1-2H3,(H,20,23). The Hall–Kier alpha value is -2.33. The summed E-state index contributed by atoms with van der Waals surface area (Å²) in [7, 11) is 0. The minimum atomic E-state index is -0.276. The minimum absolute atomic E-state index is 0.0483. The van der Waals surface area contributed by atoms with Crippen molar-refractivity contribution < 1.29 is 9.59 Å². The summed E-state index contributed by atoms with van der Waals surface area (Å²) < 4.78 is 0. The van der Waals surface area contributed by atoms with Gasteiger partial charge >= 0.3 is 0 Å². The molecule has 0 saturated carbocycles. The van der Waals surface area contributed by atoms with Crippen LogP contribution in [0.3, 0.4) is 0 Å². The van der Waals surface area contributed by atoms with Crippen LogP contribution in [0.25, 0.3) is 0 Å². The van der Waals surface area contributed by atoms with E-state index in [0.29, 0.717) is 16.4 Å². The van der Waals surface area contributed by atoms with Crippen LogP contribution in [0, 0.1) is 0 Å². The van der Waals surface area contributed by atoms with Crippen LogP contribution in [0.4, 0.5) is 11.4 Å². The van der Waals surface area contributed by atoms with Crippen LogP contribution >= 0.6 is 11.6 Å². The molecule has 4 nitrogen and oxygen atoms in total. The lowest BCUT2D eigenvalue weighted by Crippen LogP contribution is -2.36. The molecule has 0 bridgehead atoms. The molecule has 5 heteroatoms. The topological polar surface area (TPSA) is 49.4 Å². The van der Waals surface area contributed by atoms with E-state index in [4.69, 9.17) is 11.6 Å². The average Bonchev–Trinajstić information content (AvgIpc) is 2.52. The number of nitrogens with one attached hydrogen (secondary N) is 1. The third-order valence-corrected chi connectivity index (χ3v) is 3.68. The number of amides is 2. The van der Waals surface area contributed by atoms with Crippen LogP contribution in [0.2, 0.25) is 5.02 Å². The Morgan fingerprint density at radius 1 is 1.13 bits per heavy atom. The van der Waals surface area contributed by atoms with Gasteiger partial charge in [0.2, 0.25) is 11.8 Å². The fourth-order valence-corrected chi connectivity index (χ4v) is 2.40. The van der Waals surface area contributed by atoms with Crippen LogP contribution in [0.1, 0.15) is 19.4 Å². The molecule has 1 N–H and O–H groups in total. The van der Waals surface area contributed by atoms with Crippen molar-refractivity contribution in [3.63, 3.8) is 0 Å². The van der Waals surface area contributed by atoms with Crippen LogP contribution < -0.4 is 10.2 Å². The molecule has 0 aliphatic rings. The van der Waals surface area contributed by atoms with Crippen LogP contribution in [-0.2, 0) is 16.0 Å². The minimum Gasteiger partial charge on any atom is -0.324 e. The number of nitrogens with zero attached hydrogens (tertiary/aromatic N) is 1. The molecule has 0 radical (unpaired) electrons. The molecule has 0 aliphatic carbocycles. The lowest BCUT2D eigenvalue weighted by atomic mass is 10.1. The molecule has 23 heavy (non-hydrogen) atoms. The summed E-state index contributed by atoms with van der Waals surface area (Å²) in [6.45, 7) is 3.46. The number of carbonyl (C=O) groups excluding carboxylic acids is 2. The van der Waals surface area contributed by atoms with Gasteiger partial charge < -0.3 is 10.2 Å². The molecule has 0 saturated heterocycles. The van der Waals surface area contributed by atoms with Gasteiger partial charge in [-0.25, -0.2) is 0 Å². The molecule has 0 spiro atoms. The van der Waals surface area contributed by atoms with Crippen molar-refractivity contribution in [3.8, 4) is 0 Å². The number of carbonyl (C=O) groups is 2. The van der Waals surface area contributed by atoms with Crippen molar-refractivity contribution in [2.45, 2.75) is 20.3 Å². The molecule has 0 atom stereocenters. The van der Waals surface area contributed by atoms with Gasteiger partial charge in [0.15, 0.2) is 0 Å². The molecular formula is C18H19ClN2O2. The normalized spacial score (nSPS) is 10.2. The van der Waals surface area contributed by atoms with Gasteiger partial charge in [-0.2, -0.15) is 0 Å². The summed E-state index contributed by atoms with van der Waals surface area (Å²) in [5, 5.41) is 3.29. The maximum atomic E-state index is 12.2. The number of rotatable bonds is 5. The van der Waals surface area contributed by atoms with Crippen molar-refractivity contribution in [1.82, 2.24) is 0 Å². The van der Waals surface area contributed by atoms with E-state index in [1.54, 1.807) is 24.3 Å². The Balaban J connectivity index is 2.09. The zero-order valence-electron chi connectivity index (χ0n) is 13.2. The van der Waals surface area contributed by atoms with E-state index < -0.39 is 0 Å². The lowest BCUT2D eigenvalue weighted by molar-refractivity contribution is -0.120. The Bertz CT molecular complexity index is 698. The summed E-state index contributed by atoms with van der Waals surface area (Å²) >= 11 is 5.89. The van der Waals surface area contributed by atoms with Crippen molar-refractivity contribution >= 4 is 34.8 Å². The molecule has 0 fully saturated rings. The van der Waals surface area contributed by atoms with E-state index in [1.165, 1.54) is 17.4 Å². The Kier molecular flexibility index (Phi) is 5.77. The second-order valence-corrected chi connectivity index (χ2v) is 5.62. The number of halogens is 1. The zero-order chi connectivity index (χ0) is 16.8. The summed E-state index contributed by atoms with van der Waals surface area (Å²) in [4.78, 5) is 25.5. The fraction of sp³-hybridized carbons (Fsp3) is 0.222. The van der Waals surface area contributed by atoms with Crippen LogP contribution in [0.15, 0.2) is 48.5 Å². The molecule has 2 amide bonds. The van der Waals surface area contributed by atoms with Gasteiger partial charge in [0.25, 0.3) is 0 Å². The Labute approximate surface area is 141 Å². The van der Waals surface area contributed by atoms with Gasteiger partial charge in [-0.15, -0.1) is 0 Å². The van der Waals surface area contributed by atoms with Crippen molar-refractivity contribution in [2.75, 3.05) is 16.8 Å². The Morgan fingerprint density at radius 3 is 2.39 bits per heavy atom. The largest absolute Gasteiger partial charge is 0.324 e.